The Hall–Kier alpha value is -3.25. The van der Waals surface area contributed by atoms with Gasteiger partial charge in [0.25, 0.3) is 0 Å². The molecule has 0 spiro atoms. The standard InChI is InChI=1S/C27H32N2O4/c1-3-32-27(30)33-26-17-24-23(16-25(26)31-2)21(18-29-24)11-7-8-12-22-15-20(13-14-28-22)19-9-5-4-6-10-19/h4-6,9-10,13,16-18,22,28-29H,3,7-8,11-12,14-15H2,1-2H3. The fraction of sp³-hybridized carbons (Fsp3) is 0.370. The van der Waals surface area contributed by atoms with Crippen molar-refractivity contribution in [3.05, 3.63) is 65.9 Å². The lowest BCUT2D eigenvalue weighted by atomic mass is 9.92. The van der Waals surface area contributed by atoms with E-state index in [4.69, 9.17) is 14.2 Å². The smallest absolute Gasteiger partial charge is 0.493 e. The zero-order valence-corrected chi connectivity index (χ0v) is 19.4. The Morgan fingerprint density at radius 1 is 1.12 bits per heavy atom. The van der Waals surface area contributed by atoms with Crippen LogP contribution in [0.5, 0.6) is 11.5 Å². The molecule has 3 aromatic rings. The van der Waals surface area contributed by atoms with Crippen molar-refractivity contribution >= 4 is 22.6 Å². The summed E-state index contributed by atoms with van der Waals surface area (Å²) < 4.78 is 15.6. The highest BCUT2D eigenvalue weighted by molar-refractivity contribution is 5.87. The van der Waals surface area contributed by atoms with Gasteiger partial charge in [-0.15, -0.1) is 0 Å². The Morgan fingerprint density at radius 3 is 2.76 bits per heavy atom. The molecule has 1 atom stereocenters. The van der Waals surface area contributed by atoms with Gasteiger partial charge in [0.1, 0.15) is 0 Å². The molecule has 2 N–H and O–H groups in total. The van der Waals surface area contributed by atoms with Gasteiger partial charge in [0.2, 0.25) is 0 Å². The van der Waals surface area contributed by atoms with Crippen LogP contribution in [0.1, 0.15) is 43.7 Å². The second-order valence-electron chi connectivity index (χ2n) is 8.30. The zero-order chi connectivity index (χ0) is 23.0. The van der Waals surface area contributed by atoms with Gasteiger partial charge in [0.15, 0.2) is 11.5 Å². The second kappa shape index (κ2) is 11.1. The summed E-state index contributed by atoms with van der Waals surface area (Å²) in [6.07, 6.45) is 9.11. The maximum Gasteiger partial charge on any atom is 0.513 e. The van der Waals surface area contributed by atoms with E-state index in [1.54, 1.807) is 20.1 Å². The SMILES string of the molecule is CCOC(=O)Oc1cc2[nH]cc(CCCCC3CC(c4ccccc4)=CCN3)c2cc1OC. The van der Waals surface area contributed by atoms with Crippen LogP contribution in [0.3, 0.4) is 0 Å². The average Bonchev–Trinajstić information content (AvgIpc) is 3.23. The largest absolute Gasteiger partial charge is 0.513 e. The fourth-order valence-corrected chi connectivity index (χ4v) is 4.44. The molecule has 0 bridgehead atoms. The number of unbranched alkanes of at least 4 members (excludes halogenated alkanes) is 1. The molecular formula is C27H32N2O4. The van der Waals surface area contributed by atoms with Crippen LogP contribution >= 0.6 is 0 Å². The number of hydrogen-bond acceptors (Lipinski definition) is 5. The summed E-state index contributed by atoms with van der Waals surface area (Å²) in [6.45, 7) is 2.94. The van der Waals surface area contributed by atoms with E-state index in [9.17, 15) is 4.79 Å². The van der Waals surface area contributed by atoms with Crippen molar-refractivity contribution in [2.75, 3.05) is 20.3 Å². The molecule has 0 aliphatic carbocycles. The average molecular weight is 449 g/mol. The van der Waals surface area contributed by atoms with Gasteiger partial charge in [-0.3, -0.25) is 0 Å². The number of fused-ring (bicyclic) bond motifs is 1. The number of nitrogens with one attached hydrogen (secondary N) is 2. The molecule has 6 nitrogen and oxygen atoms in total. The van der Waals surface area contributed by atoms with Gasteiger partial charge >= 0.3 is 6.16 Å². The van der Waals surface area contributed by atoms with E-state index in [-0.39, 0.29) is 6.61 Å². The summed E-state index contributed by atoms with van der Waals surface area (Å²) in [5.41, 5.74) is 4.94. The van der Waals surface area contributed by atoms with Gasteiger partial charge in [0.05, 0.1) is 13.7 Å². The molecule has 2 aromatic carbocycles. The third-order valence-corrected chi connectivity index (χ3v) is 6.12. The van der Waals surface area contributed by atoms with Crippen molar-refractivity contribution in [2.45, 2.75) is 45.1 Å². The number of carbonyl (C=O) groups is 1. The van der Waals surface area contributed by atoms with Crippen LogP contribution in [0.15, 0.2) is 54.7 Å². The van der Waals surface area contributed by atoms with Crippen LogP contribution in [0, 0.1) is 0 Å². The molecule has 2 heterocycles. The fourth-order valence-electron chi connectivity index (χ4n) is 4.44. The minimum Gasteiger partial charge on any atom is -0.493 e. The van der Waals surface area contributed by atoms with E-state index < -0.39 is 6.16 Å². The Morgan fingerprint density at radius 2 is 1.97 bits per heavy atom. The van der Waals surface area contributed by atoms with Crippen molar-refractivity contribution < 1.29 is 19.0 Å². The van der Waals surface area contributed by atoms with Crippen LogP contribution in [0.2, 0.25) is 0 Å². The van der Waals surface area contributed by atoms with Gasteiger partial charge < -0.3 is 24.5 Å². The highest BCUT2D eigenvalue weighted by atomic mass is 16.7. The van der Waals surface area contributed by atoms with E-state index in [1.807, 2.05) is 12.3 Å². The Kier molecular flexibility index (Phi) is 7.68. The molecule has 33 heavy (non-hydrogen) atoms. The lowest BCUT2D eigenvalue weighted by Gasteiger charge is -2.24. The minimum atomic E-state index is -0.733. The van der Waals surface area contributed by atoms with Gasteiger partial charge in [0, 0.05) is 35.8 Å². The quantitative estimate of drug-likeness (QED) is 0.243. The molecule has 0 radical (unpaired) electrons. The van der Waals surface area contributed by atoms with Crippen molar-refractivity contribution in [3.8, 4) is 11.5 Å². The summed E-state index contributed by atoms with van der Waals surface area (Å²) in [4.78, 5) is 15.0. The summed E-state index contributed by atoms with van der Waals surface area (Å²) >= 11 is 0. The first-order valence-corrected chi connectivity index (χ1v) is 11.7. The molecule has 4 rings (SSSR count). The topological polar surface area (TPSA) is 72.6 Å². The maximum atomic E-state index is 11.7. The summed E-state index contributed by atoms with van der Waals surface area (Å²) in [5.74, 6) is 0.866. The maximum absolute atomic E-state index is 11.7. The molecule has 174 valence electrons. The van der Waals surface area contributed by atoms with E-state index in [1.165, 1.54) is 16.7 Å². The number of aromatic nitrogens is 1. The monoisotopic (exact) mass is 448 g/mol. The van der Waals surface area contributed by atoms with Crippen LogP contribution in [-0.4, -0.2) is 37.4 Å². The summed E-state index contributed by atoms with van der Waals surface area (Å²) in [7, 11) is 1.57. The number of aromatic amines is 1. The van der Waals surface area contributed by atoms with Gasteiger partial charge in [-0.1, -0.05) is 42.8 Å². The van der Waals surface area contributed by atoms with Crippen molar-refractivity contribution in [1.29, 1.82) is 0 Å². The Labute approximate surface area is 194 Å². The Bertz CT molecular complexity index is 1100. The number of methoxy groups -OCH3 is 1. The van der Waals surface area contributed by atoms with Crippen LogP contribution in [-0.2, 0) is 11.2 Å². The molecule has 0 saturated heterocycles. The second-order valence-corrected chi connectivity index (χ2v) is 8.30. The molecule has 0 fully saturated rings. The van der Waals surface area contributed by atoms with Crippen LogP contribution in [0.4, 0.5) is 4.79 Å². The van der Waals surface area contributed by atoms with E-state index in [0.29, 0.717) is 17.5 Å². The van der Waals surface area contributed by atoms with Crippen molar-refractivity contribution in [3.63, 3.8) is 0 Å². The number of benzene rings is 2. The molecule has 0 saturated carbocycles. The highest BCUT2D eigenvalue weighted by Gasteiger charge is 2.17. The lowest BCUT2D eigenvalue weighted by Crippen LogP contribution is -2.32. The summed E-state index contributed by atoms with van der Waals surface area (Å²) in [6, 6.07) is 14.9. The predicted octanol–water partition coefficient (Wildman–Crippen LogP) is 5.87. The first-order chi connectivity index (χ1) is 16.2. The molecular weight excluding hydrogens is 416 g/mol. The number of hydrogen-bond donors (Lipinski definition) is 2. The third-order valence-electron chi connectivity index (χ3n) is 6.12. The Balaban J connectivity index is 1.32. The number of aryl methyl sites for hydroxylation is 1. The molecule has 0 amide bonds. The molecule has 1 aliphatic rings. The first kappa shape index (κ1) is 22.9. The zero-order valence-electron chi connectivity index (χ0n) is 19.4. The number of carbonyl (C=O) groups excluding carboxylic acids is 1. The van der Waals surface area contributed by atoms with Crippen molar-refractivity contribution in [1.82, 2.24) is 10.3 Å². The molecule has 1 aliphatic heterocycles. The van der Waals surface area contributed by atoms with Crippen LogP contribution in [0.25, 0.3) is 16.5 Å². The molecule has 1 aromatic heterocycles. The van der Waals surface area contributed by atoms with E-state index in [0.717, 1.165) is 49.6 Å². The first-order valence-electron chi connectivity index (χ1n) is 11.7. The number of H-pyrrole nitrogens is 1. The third kappa shape index (κ3) is 5.76. The minimum absolute atomic E-state index is 0.260. The van der Waals surface area contributed by atoms with Gasteiger partial charge in [-0.2, -0.15) is 0 Å². The number of ether oxygens (including phenoxy) is 3. The van der Waals surface area contributed by atoms with Crippen molar-refractivity contribution in [2.24, 2.45) is 0 Å². The van der Waals surface area contributed by atoms with E-state index >= 15 is 0 Å². The normalized spacial score (nSPS) is 15.8. The molecule has 1 unspecified atom stereocenters. The lowest BCUT2D eigenvalue weighted by molar-refractivity contribution is 0.103. The van der Waals surface area contributed by atoms with E-state index in [2.05, 4.69) is 46.7 Å². The number of rotatable bonds is 9. The highest BCUT2D eigenvalue weighted by Crippen LogP contribution is 2.34. The summed E-state index contributed by atoms with van der Waals surface area (Å²) in [5, 5.41) is 4.73. The molecule has 6 heteroatoms. The predicted molar refractivity (Wildman–Crippen MR) is 131 cm³/mol. The van der Waals surface area contributed by atoms with Gasteiger partial charge in [-0.25, -0.2) is 4.79 Å². The van der Waals surface area contributed by atoms with Crippen LogP contribution < -0.4 is 14.8 Å². The van der Waals surface area contributed by atoms with Gasteiger partial charge in [-0.05, 0) is 55.4 Å².